The molecule has 0 saturated heterocycles. The van der Waals surface area contributed by atoms with E-state index in [2.05, 4.69) is 43.3 Å². The van der Waals surface area contributed by atoms with E-state index in [0.29, 0.717) is 6.54 Å². The Balaban J connectivity index is 1.48. The van der Waals surface area contributed by atoms with Gasteiger partial charge in [-0.1, -0.05) is 40.9 Å². The SMILES string of the molecule is O=C(NCc1nc(-c2ccncc2)cs1)C1(c2ccc(Br)cc2)CCCC1. The summed E-state index contributed by atoms with van der Waals surface area (Å²) in [5.41, 5.74) is 2.67. The number of thiazole rings is 1. The number of pyridine rings is 1. The van der Waals surface area contributed by atoms with Crippen molar-refractivity contribution in [2.75, 3.05) is 0 Å². The van der Waals surface area contributed by atoms with Crippen molar-refractivity contribution in [3.8, 4) is 11.3 Å². The smallest absolute Gasteiger partial charge is 0.231 e. The molecule has 2 aromatic heterocycles. The highest BCUT2D eigenvalue weighted by Gasteiger charge is 2.42. The number of benzene rings is 1. The molecular formula is C21H20BrN3OS. The average Bonchev–Trinajstić information content (AvgIpc) is 3.38. The first-order valence-electron chi connectivity index (χ1n) is 9.06. The molecular weight excluding hydrogens is 422 g/mol. The van der Waals surface area contributed by atoms with Crippen LogP contribution in [0.15, 0.2) is 58.6 Å². The van der Waals surface area contributed by atoms with Crippen molar-refractivity contribution in [2.24, 2.45) is 0 Å². The summed E-state index contributed by atoms with van der Waals surface area (Å²) >= 11 is 5.05. The second-order valence-electron chi connectivity index (χ2n) is 6.84. The van der Waals surface area contributed by atoms with Crippen LogP contribution in [-0.2, 0) is 16.8 Å². The van der Waals surface area contributed by atoms with Crippen LogP contribution < -0.4 is 5.32 Å². The second kappa shape index (κ2) is 7.90. The molecule has 4 rings (SSSR count). The van der Waals surface area contributed by atoms with Gasteiger partial charge < -0.3 is 5.32 Å². The third-order valence-electron chi connectivity index (χ3n) is 5.22. The van der Waals surface area contributed by atoms with Gasteiger partial charge in [-0.2, -0.15) is 0 Å². The van der Waals surface area contributed by atoms with Crippen LogP contribution in [0.3, 0.4) is 0 Å². The summed E-state index contributed by atoms with van der Waals surface area (Å²) in [5, 5.41) is 6.09. The molecule has 0 bridgehead atoms. The fourth-order valence-electron chi connectivity index (χ4n) is 3.77. The Bertz CT molecular complexity index is 918. The van der Waals surface area contributed by atoms with Crippen molar-refractivity contribution in [3.05, 3.63) is 69.2 Å². The first-order chi connectivity index (χ1) is 13.2. The Hall–Kier alpha value is -2.05. The number of aromatic nitrogens is 2. The zero-order valence-electron chi connectivity index (χ0n) is 14.8. The van der Waals surface area contributed by atoms with Crippen LogP contribution in [0.2, 0.25) is 0 Å². The minimum absolute atomic E-state index is 0.114. The second-order valence-corrected chi connectivity index (χ2v) is 8.70. The average molecular weight is 442 g/mol. The molecule has 1 aliphatic carbocycles. The summed E-state index contributed by atoms with van der Waals surface area (Å²) in [6.45, 7) is 0.465. The molecule has 4 nitrogen and oxygen atoms in total. The number of amides is 1. The normalized spacial score (nSPS) is 15.6. The number of hydrogen-bond acceptors (Lipinski definition) is 4. The van der Waals surface area contributed by atoms with Crippen LogP contribution in [0.5, 0.6) is 0 Å². The summed E-state index contributed by atoms with van der Waals surface area (Å²) in [5.74, 6) is 0.114. The molecule has 1 fully saturated rings. The zero-order valence-corrected chi connectivity index (χ0v) is 17.2. The maximum absolute atomic E-state index is 13.1. The first-order valence-corrected chi connectivity index (χ1v) is 10.7. The van der Waals surface area contributed by atoms with E-state index in [4.69, 9.17) is 0 Å². The van der Waals surface area contributed by atoms with Crippen molar-refractivity contribution >= 4 is 33.2 Å². The molecule has 0 aliphatic heterocycles. The predicted molar refractivity (Wildman–Crippen MR) is 111 cm³/mol. The molecule has 6 heteroatoms. The van der Waals surface area contributed by atoms with E-state index in [-0.39, 0.29) is 5.91 Å². The quantitative estimate of drug-likeness (QED) is 0.599. The van der Waals surface area contributed by atoms with E-state index >= 15 is 0 Å². The molecule has 1 saturated carbocycles. The summed E-state index contributed by atoms with van der Waals surface area (Å²) in [4.78, 5) is 21.8. The molecule has 1 amide bonds. The van der Waals surface area contributed by atoms with E-state index in [1.54, 1.807) is 23.7 Å². The van der Waals surface area contributed by atoms with Gasteiger partial charge in [0.15, 0.2) is 0 Å². The lowest BCUT2D eigenvalue weighted by Crippen LogP contribution is -2.42. The molecule has 27 heavy (non-hydrogen) atoms. The topological polar surface area (TPSA) is 54.9 Å². The summed E-state index contributed by atoms with van der Waals surface area (Å²) < 4.78 is 1.03. The lowest BCUT2D eigenvalue weighted by Gasteiger charge is -2.28. The van der Waals surface area contributed by atoms with Gasteiger partial charge in [-0.05, 0) is 42.7 Å². The fourth-order valence-corrected chi connectivity index (χ4v) is 4.77. The minimum Gasteiger partial charge on any atom is -0.349 e. The molecule has 1 aromatic carbocycles. The van der Waals surface area contributed by atoms with Crippen LogP contribution in [0.25, 0.3) is 11.3 Å². The number of hydrogen-bond donors (Lipinski definition) is 1. The molecule has 0 spiro atoms. The Morgan fingerprint density at radius 2 is 1.81 bits per heavy atom. The van der Waals surface area contributed by atoms with Gasteiger partial charge in [-0.25, -0.2) is 4.98 Å². The van der Waals surface area contributed by atoms with Gasteiger partial charge in [0.1, 0.15) is 5.01 Å². The van der Waals surface area contributed by atoms with Gasteiger partial charge >= 0.3 is 0 Å². The summed E-state index contributed by atoms with van der Waals surface area (Å²) in [7, 11) is 0. The molecule has 3 aromatic rings. The minimum atomic E-state index is -0.411. The molecule has 1 aliphatic rings. The van der Waals surface area contributed by atoms with Crippen LogP contribution in [-0.4, -0.2) is 15.9 Å². The number of carbonyl (C=O) groups excluding carboxylic acids is 1. The predicted octanol–water partition coefficient (Wildman–Crippen LogP) is 5.10. The van der Waals surface area contributed by atoms with Gasteiger partial charge in [0.05, 0.1) is 17.7 Å². The van der Waals surface area contributed by atoms with E-state index in [9.17, 15) is 4.79 Å². The van der Waals surface area contributed by atoms with Crippen molar-refractivity contribution < 1.29 is 4.79 Å². The van der Waals surface area contributed by atoms with Crippen LogP contribution >= 0.6 is 27.3 Å². The Kier molecular flexibility index (Phi) is 5.36. The maximum atomic E-state index is 13.1. The summed E-state index contributed by atoms with van der Waals surface area (Å²) in [6.07, 6.45) is 7.51. The van der Waals surface area contributed by atoms with Gasteiger partial charge in [-0.3, -0.25) is 9.78 Å². The first kappa shape index (κ1) is 18.3. The van der Waals surface area contributed by atoms with E-state index < -0.39 is 5.41 Å². The third kappa shape index (κ3) is 3.82. The molecule has 0 unspecified atom stereocenters. The maximum Gasteiger partial charge on any atom is 0.231 e. The zero-order chi connectivity index (χ0) is 18.7. The van der Waals surface area contributed by atoms with Crippen molar-refractivity contribution in [2.45, 2.75) is 37.6 Å². The molecule has 138 valence electrons. The van der Waals surface area contributed by atoms with Crippen LogP contribution in [0.4, 0.5) is 0 Å². The number of halogens is 1. The highest BCUT2D eigenvalue weighted by Crippen LogP contribution is 2.41. The van der Waals surface area contributed by atoms with Gasteiger partial charge in [0.25, 0.3) is 0 Å². The largest absolute Gasteiger partial charge is 0.349 e. The lowest BCUT2D eigenvalue weighted by molar-refractivity contribution is -0.126. The van der Waals surface area contributed by atoms with Crippen molar-refractivity contribution in [3.63, 3.8) is 0 Å². The third-order valence-corrected chi connectivity index (χ3v) is 6.59. The monoisotopic (exact) mass is 441 g/mol. The molecule has 0 atom stereocenters. The summed E-state index contributed by atoms with van der Waals surface area (Å²) in [6, 6.07) is 12.1. The van der Waals surface area contributed by atoms with Gasteiger partial charge in [0, 0.05) is 27.8 Å². The van der Waals surface area contributed by atoms with E-state index in [0.717, 1.165) is 52.0 Å². The molecule has 0 radical (unpaired) electrons. The van der Waals surface area contributed by atoms with Crippen LogP contribution in [0.1, 0.15) is 36.3 Å². The molecule has 1 N–H and O–H groups in total. The number of nitrogens with zero attached hydrogens (tertiary/aromatic N) is 2. The standard InChI is InChI=1S/C21H20BrN3OS/c22-17-5-3-16(4-6-17)21(9-1-2-10-21)20(26)24-13-19-25-18(14-27-19)15-7-11-23-12-8-15/h3-8,11-12,14H,1-2,9-10,13H2,(H,24,26). The number of carbonyl (C=O) groups is 1. The van der Waals surface area contributed by atoms with E-state index in [1.807, 2.05) is 29.6 Å². The Morgan fingerprint density at radius 1 is 1.11 bits per heavy atom. The van der Waals surface area contributed by atoms with Crippen LogP contribution in [0, 0.1) is 0 Å². The lowest BCUT2D eigenvalue weighted by atomic mass is 9.78. The highest BCUT2D eigenvalue weighted by atomic mass is 79.9. The molecule has 2 heterocycles. The fraction of sp³-hybridized carbons (Fsp3) is 0.286. The van der Waals surface area contributed by atoms with Crippen molar-refractivity contribution in [1.82, 2.24) is 15.3 Å². The Morgan fingerprint density at radius 3 is 2.52 bits per heavy atom. The Labute approximate surface area is 171 Å². The number of nitrogens with one attached hydrogen (secondary N) is 1. The van der Waals surface area contributed by atoms with Crippen molar-refractivity contribution in [1.29, 1.82) is 0 Å². The van der Waals surface area contributed by atoms with Gasteiger partial charge in [-0.15, -0.1) is 11.3 Å². The highest BCUT2D eigenvalue weighted by molar-refractivity contribution is 9.10. The van der Waals surface area contributed by atoms with Gasteiger partial charge in [0.2, 0.25) is 5.91 Å². The van der Waals surface area contributed by atoms with E-state index in [1.165, 1.54) is 0 Å². The number of rotatable bonds is 5.